The van der Waals surface area contributed by atoms with Crippen LogP contribution in [0.25, 0.3) is 0 Å². The van der Waals surface area contributed by atoms with Crippen LogP contribution in [0.15, 0.2) is 0 Å². The zero-order chi connectivity index (χ0) is 2.00. The van der Waals surface area contributed by atoms with Gasteiger partial charge in [0, 0.05) is 0 Å². The summed E-state index contributed by atoms with van der Waals surface area (Å²) in [6, 6.07) is 0. The van der Waals surface area contributed by atoms with Gasteiger partial charge < -0.3 is 5.71 Å². The Morgan fingerprint density at radius 3 is 0.667 bits per heavy atom. The van der Waals surface area contributed by atoms with E-state index in [9.17, 15) is 0 Å². The summed E-state index contributed by atoms with van der Waals surface area (Å²) in [4.78, 5) is 0. The van der Waals surface area contributed by atoms with E-state index in [4.69, 9.17) is 0 Å². The fraction of sp³-hybridized carbons (Fsp3) is 1.00. The van der Waals surface area contributed by atoms with Gasteiger partial charge in [0.15, 0.2) is 0 Å². The maximum atomic E-state index is 2.00. The summed E-state index contributed by atoms with van der Waals surface area (Å²) < 4.78 is 0. The third-order valence-electron chi connectivity index (χ3n) is 0. The summed E-state index contributed by atoms with van der Waals surface area (Å²) in [6.07, 6.45) is 0. The van der Waals surface area contributed by atoms with Gasteiger partial charge in [0.1, 0.15) is 0 Å². The maximum absolute atomic E-state index is 2.00. The van der Waals surface area contributed by atoms with Crippen molar-refractivity contribution < 1.29 is 124 Å². The van der Waals surface area contributed by atoms with Crippen LogP contribution < -0.4 is 118 Å². The first-order chi connectivity index (χ1) is 1.00. The Kier molecular flexibility index (Phi) is 194. The van der Waals surface area contributed by atoms with Crippen LogP contribution in [-0.2, 0) is 0 Å². The molecule has 0 spiro atoms. The standard InChI is InChI=1S/C2H6.4Na.4H/c1-2;;;;;;;;/h1-2H3;;;;;;;;/q;4*+1;4*-1. The smallest absolute Gasteiger partial charge is 1.00 e. The van der Waals surface area contributed by atoms with E-state index in [1.807, 2.05) is 13.8 Å². The Morgan fingerprint density at radius 1 is 0.667 bits per heavy atom. The van der Waals surface area contributed by atoms with Gasteiger partial charge in [0.2, 0.25) is 0 Å². The molecule has 0 aliphatic carbocycles. The molecule has 0 saturated carbocycles. The molecule has 0 aliphatic heterocycles. The first-order valence-corrected chi connectivity index (χ1v) is 1.00. The van der Waals surface area contributed by atoms with E-state index in [1.165, 1.54) is 0 Å². The number of rotatable bonds is 0. The van der Waals surface area contributed by atoms with Crippen molar-refractivity contribution in [3.05, 3.63) is 0 Å². The molecule has 0 N–H and O–H groups in total. The van der Waals surface area contributed by atoms with Crippen LogP contribution in [0.2, 0.25) is 0 Å². The zero-order valence-electron chi connectivity index (χ0n) is 10.0. The minimum Gasteiger partial charge on any atom is -1.00 e. The van der Waals surface area contributed by atoms with E-state index in [-0.39, 0.29) is 124 Å². The minimum absolute atomic E-state index is 0. The molecule has 0 bridgehead atoms. The van der Waals surface area contributed by atoms with Crippen LogP contribution in [-0.4, -0.2) is 0 Å². The summed E-state index contributed by atoms with van der Waals surface area (Å²) >= 11 is 0. The zero-order valence-corrected chi connectivity index (χ0v) is 14.0. The summed E-state index contributed by atoms with van der Waals surface area (Å²) in [5, 5.41) is 0. The second-order valence-electron chi connectivity index (χ2n) is 0. The molecule has 0 unspecified atom stereocenters. The monoisotopic (exact) mass is 126 g/mol. The molecule has 0 nitrogen and oxygen atoms in total. The average Bonchev–Trinajstić information content (AvgIpc) is 1.00. The fourth-order valence-electron chi connectivity index (χ4n) is 0. The quantitative estimate of drug-likeness (QED) is 0.283. The van der Waals surface area contributed by atoms with E-state index < -0.39 is 0 Å². The third-order valence-corrected chi connectivity index (χ3v) is 0. The first-order valence-electron chi connectivity index (χ1n) is 1.00. The molecule has 0 saturated heterocycles. The molecule has 6 heavy (non-hydrogen) atoms. The van der Waals surface area contributed by atoms with Crippen LogP contribution in [0.4, 0.5) is 0 Å². The number of hydrogen-bond donors (Lipinski definition) is 0. The average molecular weight is 126 g/mol. The van der Waals surface area contributed by atoms with Gasteiger partial charge in [0.05, 0.1) is 0 Å². The molecule has 0 radical (unpaired) electrons. The van der Waals surface area contributed by atoms with E-state index in [0.717, 1.165) is 0 Å². The predicted octanol–water partition coefficient (Wildman–Crippen LogP) is -10.5. The van der Waals surface area contributed by atoms with Crippen LogP contribution in [0.3, 0.4) is 0 Å². The second-order valence-corrected chi connectivity index (χ2v) is 0. The van der Waals surface area contributed by atoms with Crippen molar-refractivity contribution >= 4 is 0 Å². The Morgan fingerprint density at radius 2 is 0.667 bits per heavy atom. The summed E-state index contributed by atoms with van der Waals surface area (Å²) in [7, 11) is 0. The largest absolute Gasteiger partial charge is 1.00 e. The molecule has 0 rings (SSSR count). The molecule has 0 aromatic heterocycles. The van der Waals surface area contributed by atoms with Gasteiger partial charge in [-0.15, -0.1) is 0 Å². The Hall–Kier alpha value is 4.00. The molecular weight excluding hydrogens is 116 g/mol. The van der Waals surface area contributed by atoms with Crippen LogP contribution in [0, 0.1) is 0 Å². The minimum atomic E-state index is 0. The second kappa shape index (κ2) is 36.0. The van der Waals surface area contributed by atoms with Crippen LogP contribution in [0.1, 0.15) is 19.6 Å². The molecule has 0 heterocycles. The van der Waals surface area contributed by atoms with Crippen LogP contribution in [0.5, 0.6) is 0 Å². The van der Waals surface area contributed by atoms with E-state index in [1.54, 1.807) is 0 Å². The van der Waals surface area contributed by atoms with Gasteiger partial charge in [-0.3, -0.25) is 0 Å². The molecule has 0 amide bonds. The van der Waals surface area contributed by atoms with Crippen molar-refractivity contribution in [1.82, 2.24) is 0 Å². The van der Waals surface area contributed by atoms with Gasteiger partial charge in [-0.2, -0.15) is 0 Å². The van der Waals surface area contributed by atoms with Crippen molar-refractivity contribution in [1.29, 1.82) is 0 Å². The van der Waals surface area contributed by atoms with Crippen LogP contribution >= 0.6 is 0 Å². The molecular formula is C2H10Na4. The van der Waals surface area contributed by atoms with Gasteiger partial charge in [-0.1, -0.05) is 13.8 Å². The van der Waals surface area contributed by atoms with Gasteiger partial charge in [0.25, 0.3) is 0 Å². The van der Waals surface area contributed by atoms with Crippen molar-refractivity contribution in [3.8, 4) is 0 Å². The molecule has 22 valence electrons. The van der Waals surface area contributed by atoms with Crippen molar-refractivity contribution in [2.75, 3.05) is 0 Å². The Labute approximate surface area is 135 Å². The maximum Gasteiger partial charge on any atom is 1.00 e. The van der Waals surface area contributed by atoms with Gasteiger partial charge in [-0.05, 0) is 0 Å². The van der Waals surface area contributed by atoms with Crippen molar-refractivity contribution in [3.63, 3.8) is 0 Å². The Balaban J connectivity index is -0.000000000179. The van der Waals surface area contributed by atoms with Gasteiger partial charge in [-0.25, -0.2) is 0 Å². The third kappa shape index (κ3) is 24.5. The summed E-state index contributed by atoms with van der Waals surface area (Å²) in [5.41, 5.74) is 0. The summed E-state index contributed by atoms with van der Waals surface area (Å²) in [5.74, 6) is 0. The molecule has 4 heteroatoms. The van der Waals surface area contributed by atoms with Gasteiger partial charge >= 0.3 is 118 Å². The summed E-state index contributed by atoms with van der Waals surface area (Å²) in [6.45, 7) is 4.00. The number of hydrogen-bond acceptors (Lipinski definition) is 0. The SMILES string of the molecule is CC.[H-].[H-].[H-].[H-].[Na+].[Na+].[Na+].[Na+]. The molecule has 0 atom stereocenters. The van der Waals surface area contributed by atoms with E-state index in [0.29, 0.717) is 0 Å². The van der Waals surface area contributed by atoms with E-state index in [2.05, 4.69) is 0 Å². The predicted molar refractivity (Wildman–Crippen MR) is 15.8 cm³/mol. The normalized spacial score (nSPS) is 1.00. The fourth-order valence-corrected chi connectivity index (χ4v) is 0. The van der Waals surface area contributed by atoms with Crippen molar-refractivity contribution in [2.24, 2.45) is 0 Å². The molecule has 0 fully saturated rings. The molecule has 0 aromatic rings. The van der Waals surface area contributed by atoms with Crippen molar-refractivity contribution in [2.45, 2.75) is 13.8 Å². The molecule has 0 aromatic carbocycles. The van der Waals surface area contributed by atoms with E-state index >= 15 is 0 Å². The Bertz CT molecular complexity index is 15.2. The topological polar surface area (TPSA) is 0 Å². The molecule has 0 aliphatic rings. The first kappa shape index (κ1) is 32.4.